The second kappa shape index (κ2) is 17.3. The first kappa shape index (κ1) is 37.9. The maximum atomic E-state index is 13.4. The molecule has 1 saturated heterocycles. The van der Waals surface area contributed by atoms with Crippen LogP contribution >= 0.6 is 11.6 Å². The van der Waals surface area contributed by atoms with Crippen molar-refractivity contribution in [2.24, 2.45) is 17.8 Å². The van der Waals surface area contributed by atoms with Crippen LogP contribution in [0.15, 0.2) is 66.7 Å². The SMILES string of the molecule is CCC(CC)COC(=O)[C@@H]1C[C@H]2C[C@@H](Oc3cccc(Cl)c3-c3nnn(C(c4ccc(OC)cc4)c4ccc(OC)cc4)n3)CCC2CN1C(=O)OC. The number of likely N-dealkylation sites (tertiary alicyclic amines) is 1. The van der Waals surface area contributed by atoms with Gasteiger partial charge in [0.1, 0.15) is 29.3 Å². The van der Waals surface area contributed by atoms with E-state index in [1.165, 1.54) is 7.11 Å². The van der Waals surface area contributed by atoms with Crippen molar-refractivity contribution in [3.8, 4) is 28.6 Å². The minimum atomic E-state index is -0.706. The third kappa shape index (κ3) is 8.53. The minimum absolute atomic E-state index is 0.150. The van der Waals surface area contributed by atoms with Crippen LogP contribution in [0.1, 0.15) is 69.5 Å². The third-order valence-corrected chi connectivity index (χ3v) is 11.1. The summed E-state index contributed by atoms with van der Waals surface area (Å²) in [7, 11) is 4.61. The van der Waals surface area contributed by atoms with E-state index < -0.39 is 18.2 Å². The van der Waals surface area contributed by atoms with E-state index in [2.05, 4.69) is 24.2 Å². The Morgan fingerprint density at radius 2 is 1.53 bits per heavy atom. The molecule has 12 nitrogen and oxygen atoms in total. The molecule has 2 fully saturated rings. The molecular weight excluding hydrogens is 698 g/mol. The first-order chi connectivity index (χ1) is 25.8. The molecule has 1 unspecified atom stereocenters. The van der Waals surface area contributed by atoms with Crippen molar-refractivity contribution >= 4 is 23.7 Å². The number of amides is 1. The number of hydrogen-bond donors (Lipinski definition) is 0. The topological polar surface area (TPSA) is 127 Å². The Morgan fingerprint density at radius 3 is 2.13 bits per heavy atom. The molecule has 6 rings (SSSR count). The van der Waals surface area contributed by atoms with E-state index in [-0.39, 0.29) is 29.8 Å². The van der Waals surface area contributed by atoms with Crippen LogP contribution in [-0.4, -0.2) is 83.8 Å². The Bertz CT molecular complexity index is 1780. The number of carbonyl (C=O) groups is 2. The number of esters is 1. The van der Waals surface area contributed by atoms with Gasteiger partial charge >= 0.3 is 12.1 Å². The lowest BCUT2D eigenvalue weighted by atomic mass is 9.72. The van der Waals surface area contributed by atoms with Crippen molar-refractivity contribution < 1.29 is 33.3 Å². The number of aromatic nitrogens is 4. The Labute approximate surface area is 315 Å². The summed E-state index contributed by atoms with van der Waals surface area (Å²) < 4.78 is 28.3. The monoisotopic (exact) mass is 745 g/mol. The van der Waals surface area contributed by atoms with E-state index in [1.807, 2.05) is 60.7 Å². The lowest BCUT2D eigenvalue weighted by molar-refractivity contribution is -0.154. The number of ether oxygens (including phenoxy) is 5. The quantitative estimate of drug-likeness (QED) is 0.126. The molecule has 1 saturated carbocycles. The normalized spacial score (nSPS) is 19.8. The number of halogens is 1. The van der Waals surface area contributed by atoms with Crippen molar-refractivity contribution in [1.29, 1.82) is 0 Å². The first-order valence-corrected chi connectivity index (χ1v) is 18.7. The number of nitrogens with zero attached hydrogens (tertiary/aromatic N) is 5. The van der Waals surface area contributed by atoms with E-state index >= 15 is 0 Å². The van der Waals surface area contributed by atoms with Gasteiger partial charge in [0.05, 0.1) is 44.6 Å². The van der Waals surface area contributed by atoms with Crippen LogP contribution in [0.3, 0.4) is 0 Å². The number of rotatable bonds is 13. The zero-order valence-electron chi connectivity index (χ0n) is 30.9. The van der Waals surface area contributed by atoms with Crippen LogP contribution in [0.2, 0.25) is 5.02 Å². The average molecular weight is 746 g/mol. The lowest BCUT2D eigenvalue weighted by Crippen LogP contribution is -2.55. The van der Waals surface area contributed by atoms with Crippen LogP contribution in [-0.2, 0) is 14.3 Å². The maximum Gasteiger partial charge on any atom is 0.410 e. The van der Waals surface area contributed by atoms with Gasteiger partial charge in [-0.05, 0) is 96.2 Å². The first-order valence-electron chi connectivity index (χ1n) is 18.3. The number of methoxy groups -OCH3 is 3. The molecule has 282 valence electrons. The summed E-state index contributed by atoms with van der Waals surface area (Å²) in [6.45, 7) is 4.95. The molecule has 2 heterocycles. The predicted molar refractivity (Wildman–Crippen MR) is 199 cm³/mol. The molecule has 0 N–H and O–H groups in total. The molecule has 4 aromatic rings. The highest BCUT2D eigenvalue weighted by atomic mass is 35.5. The highest BCUT2D eigenvalue weighted by molar-refractivity contribution is 6.33. The Kier molecular flexibility index (Phi) is 12.4. The zero-order valence-corrected chi connectivity index (χ0v) is 31.7. The smallest absolute Gasteiger partial charge is 0.410 e. The second-order valence-corrected chi connectivity index (χ2v) is 14.2. The number of tetrazole rings is 1. The molecule has 3 aromatic carbocycles. The van der Waals surface area contributed by atoms with Crippen LogP contribution in [0.5, 0.6) is 17.2 Å². The highest BCUT2D eigenvalue weighted by Gasteiger charge is 2.45. The van der Waals surface area contributed by atoms with Gasteiger partial charge in [-0.2, -0.15) is 4.80 Å². The predicted octanol–water partition coefficient (Wildman–Crippen LogP) is 7.63. The van der Waals surface area contributed by atoms with Crippen molar-refractivity contribution in [3.63, 3.8) is 0 Å². The standard InChI is InChI=1S/C40H48ClN5O7/c1-6-25(7-2)24-52-39(47)34-22-29-21-32(20-15-28(29)23-45(34)40(48)51-5)53-35-10-8-9-33(41)36(35)38-42-44-46(43-38)37(26-11-16-30(49-3)17-12-26)27-13-18-31(50-4)19-14-27/h8-14,16-19,25,28-29,32,34,37H,6-7,15,20-24H2,1-5H3/t28?,29-,32+,34+/m1/s1. The molecule has 4 atom stereocenters. The molecule has 0 bridgehead atoms. The van der Waals surface area contributed by atoms with Crippen LogP contribution in [0.4, 0.5) is 4.79 Å². The van der Waals surface area contributed by atoms with Gasteiger partial charge in [-0.3, -0.25) is 4.90 Å². The number of hydrogen-bond acceptors (Lipinski definition) is 10. The summed E-state index contributed by atoms with van der Waals surface area (Å²) in [5.41, 5.74) is 2.42. The van der Waals surface area contributed by atoms with Gasteiger partial charge in [0.25, 0.3) is 0 Å². The molecule has 2 aliphatic rings. The molecule has 13 heteroatoms. The molecule has 1 aliphatic heterocycles. The fourth-order valence-electron chi connectivity index (χ4n) is 7.54. The van der Waals surface area contributed by atoms with Gasteiger partial charge in [-0.25, -0.2) is 9.59 Å². The summed E-state index contributed by atoms with van der Waals surface area (Å²) in [6, 6.07) is 19.9. The summed E-state index contributed by atoms with van der Waals surface area (Å²) in [5.74, 6) is 2.63. The zero-order chi connectivity index (χ0) is 37.5. The average Bonchev–Trinajstić information content (AvgIpc) is 3.67. The molecular formula is C40H48ClN5O7. The number of carbonyl (C=O) groups excluding carboxylic acids is 2. The Morgan fingerprint density at radius 1 is 0.868 bits per heavy atom. The minimum Gasteiger partial charge on any atom is -0.497 e. The number of piperidine rings is 1. The number of benzene rings is 3. The summed E-state index contributed by atoms with van der Waals surface area (Å²) >= 11 is 6.84. The fourth-order valence-corrected chi connectivity index (χ4v) is 7.79. The third-order valence-electron chi connectivity index (χ3n) is 10.7. The van der Waals surface area contributed by atoms with Crippen molar-refractivity contribution in [1.82, 2.24) is 25.1 Å². The Hall–Kier alpha value is -4.84. The van der Waals surface area contributed by atoms with Gasteiger partial charge < -0.3 is 23.7 Å². The molecule has 1 aromatic heterocycles. The summed E-state index contributed by atoms with van der Waals surface area (Å²) in [6.07, 6.45) is 3.97. The van der Waals surface area contributed by atoms with Gasteiger partial charge in [0.2, 0.25) is 5.82 Å². The largest absolute Gasteiger partial charge is 0.497 e. The van der Waals surface area contributed by atoms with Crippen LogP contribution < -0.4 is 14.2 Å². The Balaban J connectivity index is 1.22. The molecule has 1 amide bonds. The highest BCUT2D eigenvalue weighted by Crippen LogP contribution is 2.43. The molecule has 1 aliphatic carbocycles. The van der Waals surface area contributed by atoms with E-state index in [1.54, 1.807) is 30.0 Å². The fraction of sp³-hybridized carbons (Fsp3) is 0.475. The van der Waals surface area contributed by atoms with E-state index in [4.69, 9.17) is 40.4 Å². The summed E-state index contributed by atoms with van der Waals surface area (Å²) in [5, 5.41) is 14.3. The maximum absolute atomic E-state index is 13.4. The van der Waals surface area contributed by atoms with E-state index in [9.17, 15) is 9.59 Å². The lowest BCUT2D eigenvalue weighted by Gasteiger charge is -2.46. The molecule has 0 radical (unpaired) electrons. The van der Waals surface area contributed by atoms with E-state index in [0.717, 1.165) is 48.3 Å². The molecule has 53 heavy (non-hydrogen) atoms. The summed E-state index contributed by atoms with van der Waals surface area (Å²) in [4.78, 5) is 29.3. The van der Waals surface area contributed by atoms with Gasteiger partial charge in [0, 0.05) is 6.54 Å². The van der Waals surface area contributed by atoms with Crippen molar-refractivity contribution in [3.05, 3.63) is 82.9 Å². The van der Waals surface area contributed by atoms with Gasteiger partial charge in [0.15, 0.2) is 0 Å². The van der Waals surface area contributed by atoms with Gasteiger partial charge in [-0.1, -0.05) is 68.6 Å². The van der Waals surface area contributed by atoms with Gasteiger partial charge in [-0.15, -0.1) is 10.2 Å². The van der Waals surface area contributed by atoms with Crippen molar-refractivity contribution in [2.45, 2.75) is 70.6 Å². The van der Waals surface area contributed by atoms with Crippen LogP contribution in [0.25, 0.3) is 11.4 Å². The second-order valence-electron chi connectivity index (χ2n) is 13.8. The van der Waals surface area contributed by atoms with E-state index in [0.29, 0.717) is 48.2 Å². The molecule has 0 spiro atoms. The number of fused-ring (bicyclic) bond motifs is 1. The van der Waals surface area contributed by atoms with Crippen LogP contribution in [0, 0.1) is 17.8 Å². The van der Waals surface area contributed by atoms with Crippen molar-refractivity contribution in [2.75, 3.05) is 34.5 Å².